The molecule has 2 aliphatic heterocycles. The van der Waals surface area contributed by atoms with E-state index in [2.05, 4.69) is 24.1 Å². The van der Waals surface area contributed by atoms with E-state index in [0.717, 1.165) is 19.7 Å². The van der Waals surface area contributed by atoms with E-state index in [0.29, 0.717) is 18.1 Å². The minimum atomic E-state index is 0.0598. The van der Waals surface area contributed by atoms with Gasteiger partial charge in [-0.3, -0.25) is 9.69 Å². The standard InChI is InChI=1S/C14H26N2O2/c1-9(2)13(15-14(17)10(3)4)7-16-6-12-5-11(16)8-18-12/h9-13H,5-8H2,1-4H3,(H,15,17)/t11-,12-,13+/m0/s1. The Morgan fingerprint density at radius 3 is 2.56 bits per heavy atom. The molecule has 4 heteroatoms. The summed E-state index contributed by atoms with van der Waals surface area (Å²) in [5.74, 6) is 0.687. The fourth-order valence-electron chi connectivity index (χ4n) is 2.73. The second kappa shape index (κ2) is 5.57. The SMILES string of the molecule is CC(C)C(=O)N[C@H](CN1C[C@@H]2C[C@H]1CO2)C(C)C. The van der Waals surface area contributed by atoms with Crippen molar-refractivity contribution in [3.8, 4) is 0 Å². The number of rotatable bonds is 5. The Morgan fingerprint density at radius 2 is 2.11 bits per heavy atom. The topological polar surface area (TPSA) is 41.6 Å². The molecule has 2 heterocycles. The molecule has 18 heavy (non-hydrogen) atoms. The Bertz CT molecular complexity index is 304. The van der Waals surface area contributed by atoms with Gasteiger partial charge in [0.05, 0.1) is 12.7 Å². The predicted molar refractivity (Wildman–Crippen MR) is 71.3 cm³/mol. The third kappa shape index (κ3) is 3.04. The number of carbonyl (C=O) groups is 1. The number of hydrogen-bond donors (Lipinski definition) is 1. The van der Waals surface area contributed by atoms with Crippen molar-refractivity contribution in [2.45, 2.75) is 52.3 Å². The lowest BCUT2D eigenvalue weighted by Gasteiger charge is -2.33. The second-order valence-corrected chi connectivity index (χ2v) is 6.31. The van der Waals surface area contributed by atoms with Crippen molar-refractivity contribution in [2.24, 2.45) is 11.8 Å². The third-order valence-electron chi connectivity index (χ3n) is 4.10. The number of carbonyl (C=O) groups excluding carboxylic acids is 1. The van der Waals surface area contributed by atoms with Crippen molar-refractivity contribution in [1.29, 1.82) is 0 Å². The van der Waals surface area contributed by atoms with E-state index in [9.17, 15) is 4.79 Å². The number of nitrogens with zero attached hydrogens (tertiary/aromatic N) is 1. The first-order chi connectivity index (χ1) is 8.47. The zero-order valence-electron chi connectivity index (χ0n) is 12.0. The van der Waals surface area contributed by atoms with Gasteiger partial charge in [0.2, 0.25) is 5.91 Å². The molecule has 104 valence electrons. The van der Waals surface area contributed by atoms with E-state index in [1.165, 1.54) is 6.42 Å². The molecule has 2 fully saturated rings. The summed E-state index contributed by atoms with van der Waals surface area (Å²) in [7, 11) is 0. The summed E-state index contributed by atoms with van der Waals surface area (Å²) in [5, 5.41) is 3.18. The van der Waals surface area contributed by atoms with E-state index in [1.807, 2.05) is 13.8 Å². The van der Waals surface area contributed by atoms with Gasteiger partial charge in [-0.1, -0.05) is 27.7 Å². The molecule has 0 saturated carbocycles. The molecule has 0 aromatic rings. The van der Waals surface area contributed by atoms with Crippen LogP contribution in [0.3, 0.4) is 0 Å². The van der Waals surface area contributed by atoms with Crippen LogP contribution < -0.4 is 5.32 Å². The average Bonchev–Trinajstić information content (AvgIpc) is 2.89. The normalized spacial score (nSPS) is 29.2. The van der Waals surface area contributed by atoms with Gasteiger partial charge >= 0.3 is 0 Å². The van der Waals surface area contributed by atoms with Crippen molar-refractivity contribution in [3.05, 3.63) is 0 Å². The summed E-state index contributed by atoms with van der Waals surface area (Å²) >= 11 is 0. The Balaban J connectivity index is 1.88. The molecular formula is C14H26N2O2. The van der Waals surface area contributed by atoms with Crippen LogP contribution in [-0.2, 0) is 9.53 Å². The van der Waals surface area contributed by atoms with Crippen LogP contribution in [-0.4, -0.2) is 48.7 Å². The van der Waals surface area contributed by atoms with Gasteiger partial charge in [0, 0.05) is 31.1 Å². The first-order valence-electron chi connectivity index (χ1n) is 7.13. The Labute approximate surface area is 110 Å². The van der Waals surface area contributed by atoms with Crippen LogP contribution in [0.5, 0.6) is 0 Å². The number of morpholine rings is 1. The molecule has 0 radical (unpaired) electrons. The lowest BCUT2D eigenvalue weighted by molar-refractivity contribution is -0.125. The first-order valence-corrected chi connectivity index (χ1v) is 7.13. The summed E-state index contributed by atoms with van der Waals surface area (Å²) in [6.07, 6.45) is 1.60. The highest BCUT2D eigenvalue weighted by atomic mass is 16.5. The number of likely N-dealkylation sites (tertiary alicyclic amines) is 1. The fraction of sp³-hybridized carbons (Fsp3) is 0.929. The molecule has 0 aliphatic carbocycles. The van der Waals surface area contributed by atoms with Gasteiger partial charge in [-0.25, -0.2) is 0 Å². The lowest BCUT2D eigenvalue weighted by atomic mass is 10.0. The van der Waals surface area contributed by atoms with Gasteiger partial charge in [-0.2, -0.15) is 0 Å². The van der Waals surface area contributed by atoms with E-state index in [4.69, 9.17) is 4.74 Å². The molecule has 2 saturated heterocycles. The molecule has 1 N–H and O–H groups in total. The average molecular weight is 254 g/mol. The molecule has 0 spiro atoms. The van der Waals surface area contributed by atoms with E-state index >= 15 is 0 Å². The van der Waals surface area contributed by atoms with Gasteiger partial charge in [0.15, 0.2) is 0 Å². The Kier molecular flexibility index (Phi) is 4.28. The first kappa shape index (κ1) is 13.8. The number of fused-ring (bicyclic) bond motifs is 2. The van der Waals surface area contributed by atoms with Crippen LogP contribution in [0.15, 0.2) is 0 Å². The molecule has 2 rings (SSSR count). The molecular weight excluding hydrogens is 228 g/mol. The van der Waals surface area contributed by atoms with E-state index in [-0.39, 0.29) is 17.9 Å². The van der Waals surface area contributed by atoms with Crippen molar-refractivity contribution < 1.29 is 9.53 Å². The molecule has 0 unspecified atom stereocenters. The number of amides is 1. The van der Waals surface area contributed by atoms with Crippen LogP contribution in [0.1, 0.15) is 34.1 Å². The number of hydrogen-bond acceptors (Lipinski definition) is 3. The number of ether oxygens (including phenoxy) is 1. The molecule has 2 aliphatic rings. The quantitative estimate of drug-likeness (QED) is 0.803. The predicted octanol–water partition coefficient (Wildman–Crippen LogP) is 1.26. The van der Waals surface area contributed by atoms with Gasteiger partial charge in [0.25, 0.3) is 0 Å². The summed E-state index contributed by atoms with van der Waals surface area (Å²) in [4.78, 5) is 14.3. The minimum absolute atomic E-state index is 0.0598. The van der Waals surface area contributed by atoms with Crippen molar-refractivity contribution in [1.82, 2.24) is 10.2 Å². The molecule has 3 atom stereocenters. The summed E-state index contributed by atoms with van der Waals surface area (Å²) < 4.78 is 5.61. The van der Waals surface area contributed by atoms with Crippen LogP contribution in [0.25, 0.3) is 0 Å². The van der Waals surface area contributed by atoms with Crippen LogP contribution in [0, 0.1) is 11.8 Å². The van der Waals surface area contributed by atoms with Gasteiger partial charge in [0.1, 0.15) is 0 Å². The molecule has 2 bridgehead atoms. The molecule has 0 aromatic heterocycles. The maximum absolute atomic E-state index is 11.8. The maximum atomic E-state index is 11.8. The highest BCUT2D eigenvalue weighted by Gasteiger charge is 2.40. The van der Waals surface area contributed by atoms with Gasteiger partial charge < -0.3 is 10.1 Å². The number of nitrogens with one attached hydrogen (secondary N) is 1. The second-order valence-electron chi connectivity index (χ2n) is 6.31. The zero-order chi connectivity index (χ0) is 13.3. The molecule has 4 nitrogen and oxygen atoms in total. The highest BCUT2D eigenvalue weighted by molar-refractivity contribution is 5.78. The Morgan fingerprint density at radius 1 is 1.39 bits per heavy atom. The fourth-order valence-corrected chi connectivity index (χ4v) is 2.73. The summed E-state index contributed by atoms with van der Waals surface area (Å²) in [6, 6.07) is 0.825. The zero-order valence-corrected chi connectivity index (χ0v) is 12.0. The molecule has 1 amide bonds. The highest BCUT2D eigenvalue weighted by Crippen LogP contribution is 2.28. The lowest BCUT2D eigenvalue weighted by Crippen LogP contribution is -2.50. The summed E-state index contributed by atoms with van der Waals surface area (Å²) in [6.45, 7) is 11.1. The van der Waals surface area contributed by atoms with E-state index in [1.54, 1.807) is 0 Å². The third-order valence-corrected chi connectivity index (χ3v) is 4.10. The van der Waals surface area contributed by atoms with E-state index < -0.39 is 0 Å². The Hall–Kier alpha value is -0.610. The van der Waals surface area contributed by atoms with Crippen LogP contribution in [0.4, 0.5) is 0 Å². The monoisotopic (exact) mass is 254 g/mol. The molecule has 0 aromatic carbocycles. The smallest absolute Gasteiger partial charge is 0.222 e. The van der Waals surface area contributed by atoms with Crippen molar-refractivity contribution in [2.75, 3.05) is 19.7 Å². The van der Waals surface area contributed by atoms with Crippen molar-refractivity contribution in [3.63, 3.8) is 0 Å². The maximum Gasteiger partial charge on any atom is 0.222 e. The van der Waals surface area contributed by atoms with Crippen molar-refractivity contribution >= 4 is 5.91 Å². The minimum Gasteiger partial charge on any atom is -0.375 e. The van der Waals surface area contributed by atoms with Crippen LogP contribution >= 0.6 is 0 Å². The largest absolute Gasteiger partial charge is 0.375 e. The van der Waals surface area contributed by atoms with Gasteiger partial charge in [-0.15, -0.1) is 0 Å². The summed E-state index contributed by atoms with van der Waals surface area (Å²) in [5.41, 5.74) is 0. The van der Waals surface area contributed by atoms with Crippen LogP contribution in [0.2, 0.25) is 0 Å². The van der Waals surface area contributed by atoms with Gasteiger partial charge in [-0.05, 0) is 12.3 Å².